The van der Waals surface area contributed by atoms with Crippen LogP contribution in [0, 0.1) is 5.82 Å². The van der Waals surface area contributed by atoms with Gasteiger partial charge in [0.1, 0.15) is 16.2 Å². The van der Waals surface area contributed by atoms with E-state index in [1.807, 2.05) is 18.2 Å². The quantitative estimate of drug-likeness (QED) is 0.386. The monoisotopic (exact) mass is 475 g/mol. The topological polar surface area (TPSA) is 128 Å². The summed E-state index contributed by atoms with van der Waals surface area (Å²) in [6.07, 6.45) is 5.97. The summed E-state index contributed by atoms with van der Waals surface area (Å²) in [5.41, 5.74) is 2.69. The fraction of sp³-hybridized carbons (Fsp3) is 0.0435. The van der Waals surface area contributed by atoms with E-state index in [1.54, 1.807) is 41.2 Å². The number of anilines is 1. The lowest BCUT2D eigenvalue weighted by Gasteiger charge is -2.12. The summed E-state index contributed by atoms with van der Waals surface area (Å²) >= 11 is 0. The van der Waals surface area contributed by atoms with E-state index in [-0.39, 0.29) is 16.5 Å². The second kappa shape index (κ2) is 8.61. The molecule has 0 atom stereocenters. The van der Waals surface area contributed by atoms with Gasteiger partial charge in [0.05, 0.1) is 12.2 Å². The Kier molecular flexibility index (Phi) is 5.48. The minimum Gasteiger partial charge on any atom is -0.363 e. The Morgan fingerprint density at radius 2 is 1.85 bits per heavy atom. The third-order valence-electron chi connectivity index (χ3n) is 5.14. The number of halogens is 1. The molecule has 0 radical (unpaired) electrons. The van der Waals surface area contributed by atoms with Crippen LogP contribution < -0.4 is 10.5 Å². The van der Waals surface area contributed by atoms with Gasteiger partial charge >= 0.3 is 0 Å². The summed E-state index contributed by atoms with van der Waals surface area (Å²) in [6, 6.07) is 15.1. The van der Waals surface area contributed by atoms with E-state index in [0.717, 1.165) is 11.9 Å². The van der Waals surface area contributed by atoms with Crippen molar-refractivity contribution in [1.29, 1.82) is 0 Å². The van der Waals surface area contributed by atoms with Gasteiger partial charge in [-0.1, -0.05) is 24.3 Å². The fourth-order valence-electron chi connectivity index (χ4n) is 3.54. The highest BCUT2D eigenvalue weighted by atomic mass is 32.2. The third kappa shape index (κ3) is 4.21. The van der Waals surface area contributed by atoms with E-state index >= 15 is 0 Å². The highest BCUT2D eigenvalue weighted by Gasteiger charge is 2.18. The highest BCUT2D eigenvalue weighted by Crippen LogP contribution is 2.32. The molecule has 0 amide bonds. The fourth-order valence-corrected chi connectivity index (χ4v) is 4.04. The average molecular weight is 476 g/mol. The molecular weight excluding hydrogens is 457 g/mol. The molecule has 0 unspecified atom stereocenters. The number of nitrogens with two attached hydrogens (primary N) is 1. The van der Waals surface area contributed by atoms with Crippen LogP contribution in [0.3, 0.4) is 0 Å². The van der Waals surface area contributed by atoms with Crippen LogP contribution in [0.5, 0.6) is 0 Å². The molecule has 0 aliphatic carbocycles. The van der Waals surface area contributed by atoms with Gasteiger partial charge in [-0.15, -0.1) is 5.10 Å². The lowest BCUT2D eigenvalue weighted by Crippen LogP contribution is -2.13. The molecule has 0 saturated carbocycles. The first-order chi connectivity index (χ1) is 16.4. The number of nitrogens with one attached hydrogen (secondary N) is 1. The molecule has 0 bridgehead atoms. The van der Waals surface area contributed by atoms with E-state index in [1.165, 1.54) is 18.3 Å². The summed E-state index contributed by atoms with van der Waals surface area (Å²) in [5, 5.41) is 13.0. The van der Waals surface area contributed by atoms with Gasteiger partial charge < -0.3 is 5.32 Å². The first-order valence-electron chi connectivity index (χ1n) is 10.2. The standard InChI is InChI=1S/C23H18FN7O2S/c24-20-7-2-1-6-18(20)19-8-10-31-21(19)23(28-13-16-5-3-4-9-27-16)29-22(30-31)15-11-17(14-26-12-15)34(25,32)33/h1-12,14H,13H2,(H2,25,32,33)(H,28,29,30). The molecule has 9 nitrogen and oxygen atoms in total. The van der Waals surface area contributed by atoms with Crippen LogP contribution in [0.2, 0.25) is 0 Å². The average Bonchev–Trinajstić information content (AvgIpc) is 3.27. The largest absolute Gasteiger partial charge is 0.363 e. The molecule has 0 aliphatic heterocycles. The molecule has 11 heteroatoms. The number of fused-ring (bicyclic) bond motifs is 1. The Bertz CT molecular complexity index is 1600. The predicted octanol–water partition coefficient (Wildman–Crippen LogP) is 3.25. The lowest BCUT2D eigenvalue weighted by molar-refractivity contribution is 0.597. The second-order valence-electron chi connectivity index (χ2n) is 7.42. The molecule has 170 valence electrons. The van der Waals surface area contributed by atoms with Crippen LogP contribution in [-0.2, 0) is 16.6 Å². The number of sulfonamides is 1. The molecule has 4 heterocycles. The molecule has 4 aromatic heterocycles. The molecule has 0 aliphatic rings. The maximum atomic E-state index is 14.6. The summed E-state index contributed by atoms with van der Waals surface area (Å²) < 4.78 is 39.7. The highest BCUT2D eigenvalue weighted by molar-refractivity contribution is 7.89. The van der Waals surface area contributed by atoms with Crippen molar-refractivity contribution in [3.8, 4) is 22.5 Å². The van der Waals surface area contributed by atoms with E-state index in [9.17, 15) is 12.8 Å². The molecule has 34 heavy (non-hydrogen) atoms. The van der Waals surface area contributed by atoms with Crippen LogP contribution >= 0.6 is 0 Å². The summed E-state index contributed by atoms with van der Waals surface area (Å²) in [5.74, 6) is 0.255. The van der Waals surface area contributed by atoms with Gasteiger partial charge in [-0.3, -0.25) is 9.97 Å². The first kappa shape index (κ1) is 21.6. The van der Waals surface area contributed by atoms with Gasteiger partial charge in [0, 0.05) is 41.5 Å². The van der Waals surface area contributed by atoms with Crippen LogP contribution in [0.25, 0.3) is 28.0 Å². The van der Waals surface area contributed by atoms with Crippen molar-refractivity contribution in [2.75, 3.05) is 5.32 Å². The summed E-state index contributed by atoms with van der Waals surface area (Å²) in [4.78, 5) is 12.8. The number of nitrogens with zero attached hydrogens (tertiary/aromatic N) is 5. The van der Waals surface area contributed by atoms with Crippen molar-refractivity contribution < 1.29 is 12.8 Å². The number of rotatable bonds is 6. The second-order valence-corrected chi connectivity index (χ2v) is 8.98. The van der Waals surface area contributed by atoms with Crippen LogP contribution in [-0.4, -0.2) is 33.0 Å². The summed E-state index contributed by atoms with van der Waals surface area (Å²) in [6.45, 7) is 0.352. The number of hydrogen-bond donors (Lipinski definition) is 2. The Balaban J connectivity index is 1.67. The molecule has 1 aromatic carbocycles. The van der Waals surface area contributed by atoms with E-state index < -0.39 is 10.0 Å². The Morgan fingerprint density at radius 3 is 2.62 bits per heavy atom. The number of hydrogen-bond acceptors (Lipinski definition) is 7. The van der Waals surface area contributed by atoms with Crippen LogP contribution in [0.15, 0.2) is 84.3 Å². The molecule has 5 aromatic rings. The van der Waals surface area contributed by atoms with Gasteiger partial charge in [0.2, 0.25) is 10.0 Å². The van der Waals surface area contributed by atoms with Gasteiger partial charge in [-0.25, -0.2) is 27.4 Å². The minimum atomic E-state index is -3.96. The van der Waals surface area contributed by atoms with Gasteiger partial charge in [-0.2, -0.15) is 0 Å². The molecule has 3 N–H and O–H groups in total. The molecule has 0 spiro atoms. The maximum absolute atomic E-state index is 14.6. The maximum Gasteiger partial charge on any atom is 0.239 e. The van der Waals surface area contributed by atoms with E-state index in [2.05, 4.69) is 25.4 Å². The zero-order chi connectivity index (χ0) is 23.7. The van der Waals surface area contributed by atoms with Crippen molar-refractivity contribution >= 4 is 21.4 Å². The van der Waals surface area contributed by atoms with Gasteiger partial charge in [-0.05, 0) is 30.3 Å². The van der Waals surface area contributed by atoms with Crippen molar-refractivity contribution in [2.45, 2.75) is 11.4 Å². The number of benzene rings is 1. The normalized spacial score (nSPS) is 11.6. The third-order valence-corrected chi connectivity index (χ3v) is 6.02. The zero-order valence-corrected chi connectivity index (χ0v) is 18.4. The van der Waals surface area contributed by atoms with Gasteiger partial charge in [0.25, 0.3) is 0 Å². The Morgan fingerprint density at radius 1 is 1.03 bits per heavy atom. The lowest BCUT2D eigenvalue weighted by atomic mass is 10.1. The van der Waals surface area contributed by atoms with Crippen molar-refractivity contribution in [3.05, 3.63) is 90.9 Å². The molecule has 0 saturated heterocycles. The molecule has 0 fully saturated rings. The summed E-state index contributed by atoms with van der Waals surface area (Å²) in [7, 11) is -3.96. The Labute approximate surface area is 194 Å². The number of primary sulfonamides is 1. The Hall–Kier alpha value is -4.22. The smallest absolute Gasteiger partial charge is 0.239 e. The molecular formula is C23H18FN7O2S. The SMILES string of the molecule is NS(=O)(=O)c1cncc(-c2nc(NCc3ccccn3)c3c(-c4ccccc4F)ccn3n2)c1. The van der Waals surface area contributed by atoms with Gasteiger partial charge in [0.15, 0.2) is 11.6 Å². The van der Waals surface area contributed by atoms with E-state index in [4.69, 9.17) is 5.14 Å². The minimum absolute atomic E-state index is 0.156. The van der Waals surface area contributed by atoms with Crippen molar-refractivity contribution in [1.82, 2.24) is 24.6 Å². The van der Waals surface area contributed by atoms with Crippen molar-refractivity contribution in [3.63, 3.8) is 0 Å². The number of aromatic nitrogens is 5. The van der Waals surface area contributed by atoms with Crippen LogP contribution in [0.1, 0.15) is 5.69 Å². The molecule has 5 rings (SSSR count). The van der Waals surface area contributed by atoms with Crippen molar-refractivity contribution in [2.24, 2.45) is 5.14 Å². The number of pyridine rings is 2. The van der Waals surface area contributed by atoms with E-state index in [0.29, 0.717) is 34.6 Å². The predicted molar refractivity (Wildman–Crippen MR) is 125 cm³/mol. The van der Waals surface area contributed by atoms with Crippen LogP contribution in [0.4, 0.5) is 10.2 Å². The first-order valence-corrected chi connectivity index (χ1v) is 11.7. The zero-order valence-electron chi connectivity index (χ0n) is 17.6.